The summed E-state index contributed by atoms with van der Waals surface area (Å²) in [5.74, 6) is -1.84. The van der Waals surface area contributed by atoms with Crippen molar-refractivity contribution in [3.05, 3.63) is 70.3 Å². The summed E-state index contributed by atoms with van der Waals surface area (Å²) in [6, 6.07) is 10.3. The minimum absolute atomic E-state index is 0.110. The van der Waals surface area contributed by atoms with Gasteiger partial charge in [-0.05, 0) is 30.8 Å². The van der Waals surface area contributed by atoms with E-state index in [4.69, 9.17) is 0 Å². The smallest absolute Gasteiger partial charge is 0.258 e. The Morgan fingerprint density at radius 3 is 2.56 bits per heavy atom. The summed E-state index contributed by atoms with van der Waals surface area (Å²) in [6.45, 7) is 2.41. The van der Waals surface area contributed by atoms with Gasteiger partial charge >= 0.3 is 0 Å². The largest absolute Gasteiger partial charge is 0.320 e. The maximum absolute atomic E-state index is 13.7. The molecule has 0 bridgehead atoms. The number of aromatic nitrogens is 2. The summed E-state index contributed by atoms with van der Waals surface area (Å²) in [5, 5.41) is 2.73. The van der Waals surface area contributed by atoms with Crippen LogP contribution in [0.25, 0.3) is 10.9 Å². The first-order valence-electron chi connectivity index (χ1n) is 8.42. The number of anilines is 1. The quantitative estimate of drug-likeness (QED) is 0.697. The predicted octanol–water partition coefficient (Wildman–Crippen LogP) is 2.66. The van der Waals surface area contributed by atoms with E-state index in [2.05, 4.69) is 15.3 Å². The molecule has 2 aromatic carbocycles. The highest BCUT2D eigenvalue weighted by molar-refractivity contribution is 5.92. The second-order valence-electron chi connectivity index (χ2n) is 5.98. The molecule has 1 aromatic heterocycles. The van der Waals surface area contributed by atoms with Crippen LogP contribution in [0.15, 0.2) is 47.3 Å². The summed E-state index contributed by atoms with van der Waals surface area (Å²) in [7, 11) is 0. The standard InChI is InChI=1S/C19H18F2N4O2/c1-2-25(11-17(26)24-18-13(20)7-5-8-14(18)21)10-16-22-15-9-4-3-6-12(15)19(27)23-16/h3-9H,2,10-11H2,1H3,(H,24,26)(H,22,23,27). The van der Waals surface area contributed by atoms with Crippen molar-refractivity contribution < 1.29 is 13.6 Å². The molecule has 0 aliphatic rings. The van der Waals surface area contributed by atoms with Gasteiger partial charge in [0.15, 0.2) is 0 Å². The number of nitrogens with zero attached hydrogens (tertiary/aromatic N) is 2. The van der Waals surface area contributed by atoms with Crippen molar-refractivity contribution in [1.82, 2.24) is 14.9 Å². The van der Waals surface area contributed by atoms with Gasteiger partial charge in [0.25, 0.3) is 5.56 Å². The Morgan fingerprint density at radius 2 is 1.85 bits per heavy atom. The SMILES string of the molecule is CCN(CC(=O)Nc1c(F)cccc1F)Cc1nc2ccccc2c(=O)[nH]1. The predicted molar refractivity (Wildman–Crippen MR) is 98.3 cm³/mol. The highest BCUT2D eigenvalue weighted by Crippen LogP contribution is 2.18. The third-order valence-electron chi connectivity index (χ3n) is 4.08. The van der Waals surface area contributed by atoms with Crippen molar-refractivity contribution in [2.45, 2.75) is 13.5 Å². The van der Waals surface area contributed by atoms with Gasteiger partial charge in [0, 0.05) is 0 Å². The number of carbonyl (C=O) groups is 1. The zero-order valence-corrected chi connectivity index (χ0v) is 14.6. The third-order valence-corrected chi connectivity index (χ3v) is 4.08. The fourth-order valence-electron chi connectivity index (χ4n) is 2.70. The lowest BCUT2D eigenvalue weighted by molar-refractivity contribution is -0.117. The van der Waals surface area contributed by atoms with Crippen LogP contribution < -0.4 is 10.9 Å². The summed E-state index contributed by atoms with van der Waals surface area (Å²) in [5.41, 5.74) is -0.175. The molecule has 0 saturated carbocycles. The van der Waals surface area contributed by atoms with Crippen LogP contribution in [-0.4, -0.2) is 33.9 Å². The van der Waals surface area contributed by atoms with Crippen LogP contribution in [-0.2, 0) is 11.3 Å². The molecule has 2 N–H and O–H groups in total. The Kier molecular flexibility index (Phi) is 5.56. The van der Waals surface area contributed by atoms with Crippen LogP contribution in [0.3, 0.4) is 0 Å². The Bertz CT molecular complexity index is 1020. The van der Waals surface area contributed by atoms with Crippen LogP contribution >= 0.6 is 0 Å². The highest BCUT2D eigenvalue weighted by atomic mass is 19.1. The van der Waals surface area contributed by atoms with E-state index in [9.17, 15) is 18.4 Å². The molecule has 0 unspecified atom stereocenters. The van der Waals surface area contributed by atoms with Crippen molar-refractivity contribution in [2.75, 3.05) is 18.4 Å². The minimum Gasteiger partial charge on any atom is -0.320 e. The van der Waals surface area contributed by atoms with E-state index in [1.54, 1.807) is 29.2 Å². The number of carbonyl (C=O) groups excluding carboxylic acids is 1. The first-order valence-corrected chi connectivity index (χ1v) is 8.42. The number of hydrogen-bond donors (Lipinski definition) is 2. The van der Waals surface area contributed by atoms with Gasteiger partial charge in [0.05, 0.1) is 24.0 Å². The molecule has 6 nitrogen and oxygen atoms in total. The number of H-pyrrole nitrogens is 1. The van der Waals surface area contributed by atoms with E-state index >= 15 is 0 Å². The Morgan fingerprint density at radius 1 is 1.15 bits per heavy atom. The van der Waals surface area contributed by atoms with Crippen LogP contribution in [0.2, 0.25) is 0 Å². The van der Waals surface area contributed by atoms with Gasteiger partial charge in [0.2, 0.25) is 5.91 Å². The maximum atomic E-state index is 13.7. The van der Waals surface area contributed by atoms with E-state index in [0.29, 0.717) is 23.3 Å². The van der Waals surface area contributed by atoms with Crippen molar-refractivity contribution in [1.29, 1.82) is 0 Å². The van der Waals surface area contributed by atoms with Crippen LogP contribution in [0.5, 0.6) is 0 Å². The van der Waals surface area contributed by atoms with Crippen LogP contribution in [0, 0.1) is 11.6 Å². The fraction of sp³-hybridized carbons (Fsp3) is 0.211. The number of aromatic amines is 1. The lowest BCUT2D eigenvalue weighted by Crippen LogP contribution is -2.34. The van der Waals surface area contributed by atoms with Gasteiger partial charge < -0.3 is 10.3 Å². The van der Waals surface area contributed by atoms with Gasteiger partial charge in [-0.1, -0.05) is 25.1 Å². The zero-order valence-electron chi connectivity index (χ0n) is 14.6. The molecule has 1 heterocycles. The van der Waals surface area contributed by atoms with Crippen molar-refractivity contribution >= 4 is 22.5 Å². The normalized spacial score (nSPS) is 11.1. The molecule has 0 spiro atoms. The Hall–Kier alpha value is -3.13. The summed E-state index contributed by atoms with van der Waals surface area (Å²) < 4.78 is 27.3. The number of rotatable bonds is 6. The molecule has 0 aliphatic carbocycles. The molecular formula is C19H18F2N4O2. The third kappa shape index (κ3) is 4.35. The molecule has 1 amide bonds. The lowest BCUT2D eigenvalue weighted by atomic mass is 10.2. The van der Waals surface area contributed by atoms with E-state index in [1.165, 1.54) is 6.07 Å². The molecule has 0 saturated heterocycles. The number of nitrogens with one attached hydrogen (secondary N) is 2. The fourth-order valence-corrected chi connectivity index (χ4v) is 2.70. The average molecular weight is 372 g/mol. The first kappa shape index (κ1) is 18.7. The molecule has 8 heteroatoms. The first-order chi connectivity index (χ1) is 13.0. The molecular weight excluding hydrogens is 354 g/mol. The van der Waals surface area contributed by atoms with Gasteiger partial charge in [-0.3, -0.25) is 14.5 Å². The Labute approximate surface area is 153 Å². The number of fused-ring (bicyclic) bond motifs is 1. The number of para-hydroxylation sites is 2. The molecule has 0 atom stereocenters. The van der Waals surface area contributed by atoms with E-state index < -0.39 is 23.2 Å². The van der Waals surface area contributed by atoms with E-state index in [0.717, 1.165) is 12.1 Å². The molecule has 27 heavy (non-hydrogen) atoms. The molecule has 3 aromatic rings. The van der Waals surface area contributed by atoms with Crippen molar-refractivity contribution in [3.8, 4) is 0 Å². The molecule has 3 rings (SSSR count). The number of amides is 1. The summed E-state index contributed by atoms with van der Waals surface area (Å²) >= 11 is 0. The second kappa shape index (κ2) is 8.05. The lowest BCUT2D eigenvalue weighted by Gasteiger charge is -2.19. The summed E-state index contributed by atoms with van der Waals surface area (Å²) in [4.78, 5) is 33.1. The second-order valence-corrected chi connectivity index (χ2v) is 5.98. The summed E-state index contributed by atoms with van der Waals surface area (Å²) in [6.07, 6.45) is 0. The van der Waals surface area contributed by atoms with Crippen LogP contribution in [0.4, 0.5) is 14.5 Å². The van der Waals surface area contributed by atoms with Gasteiger partial charge in [-0.25, -0.2) is 13.8 Å². The number of likely N-dealkylation sites (N-methyl/N-ethyl adjacent to an activating group) is 1. The molecule has 140 valence electrons. The maximum Gasteiger partial charge on any atom is 0.258 e. The molecule has 0 aliphatic heterocycles. The van der Waals surface area contributed by atoms with Gasteiger partial charge in [0.1, 0.15) is 23.1 Å². The number of hydrogen-bond acceptors (Lipinski definition) is 4. The topological polar surface area (TPSA) is 78.1 Å². The Balaban J connectivity index is 1.72. The minimum atomic E-state index is -0.841. The van der Waals surface area contributed by atoms with E-state index in [-0.39, 0.29) is 18.6 Å². The monoisotopic (exact) mass is 372 g/mol. The zero-order chi connectivity index (χ0) is 19.4. The van der Waals surface area contributed by atoms with E-state index in [1.807, 2.05) is 6.92 Å². The van der Waals surface area contributed by atoms with Crippen molar-refractivity contribution in [3.63, 3.8) is 0 Å². The molecule has 0 radical (unpaired) electrons. The van der Waals surface area contributed by atoms with Gasteiger partial charge in [-0.15, -0.1) is 0 Å². The van der Waals surface area contributed by atoms with Gasteiger partial charge in [-0.2, -0.15) is 0 Å². The molecule has 0 fully saturated rings. The average Bonchev–Trinajstić information content (AvgIpc) is 2.64. The van der Waals surface area contributed by atoms with Crippen molar-refractivity contribution in [2.24, 2.45) is 0 Å². The van der Waals surface area contributed by atoms with Crippen LogP contribution in [0.1, 0.15) is 12.7 Å². The highest BCUT2D eigenvalue weighted by Gasteiger charge is 2.15. The number of benzene rings is 2. The number of halogens is 2.